The predicted octanol–water partition coefficient (Wildman–Crippen LogP) is 1.96. The minimum atomic E-state index is -1.44. The molecule has 1 aliphatic heterocycles. The second-order valence-corrected chi connectivity index (χ2v) is 4.24. The van der Waals surface area contributed by atoms with Crippen molar-refractivity contribution in [2.45, 2.75) is 25.3 Å². The number of carboxylic acid groups (broad SMARTS) is 1. The Morgan fingerprint density at radius 3 is 2.82 bits per heavy atom. The van der Waals surface area contributed by atoms with Crippen LogP contribution < -0.4 is 5.32 Å². The first kappa shape index (κ1) is 12.0. The molecule has 0 aliphatic carbocycles. The Balaban J connectivity index is 2.25. The monoisotopic (exact) mass is 241 g/mol. The minimum absolute atomic E-state index is 0.224. The molecule has 1 aliphatic rings. The van der Waals surface area contributed by atoms with Crippen LogP contribution in [0.25, 0.3) is 0 Å². The van der Waals surface area contributed by atoms with Crippen molar-refractivity contribution in [1.82, 2.24) is 5.32 Å². The van der Waals surface area contributed by atoms with Gasteiger partial charge in [-0.3, -0.25) is 0 Å². The lowest BCUT2D eigenvalue weighted by Crippen LogP contribution is -2.24. The summed E-state index contributed by atoms with van der Waals surface area (Å²) in [5.41, 5.74) is -0.0845. The zero-order valence-electron chi connectivity index (χ0n) is 9.17. The molecule has 0 amide bonds. The fraction of sp³-hybridized carbons (Fsp3) is 0.417. The molecule has 0 radical (unpaired) electrons. The van der Waals surface area contributed by atoms with Gasteiger partial charge in [0.1, 0.15) is 0 Å². The van der Waals surface area contributed by atoms with Crippen LogP contribution in [0.5, 0.6) is 0 Å². The van der Waals surface area contributed by atoms with Gasteiger partial charge in [0.25, 0.3) is 0 Å². The van der Waals surface area contributed by atoms with Gasteiger partial charge in [-0.05, 0) is 43.5 Å². The standard InChI is InChI=1S/C12H13F2NO2/c13-10-6-7(4-8-2-1-3-15-8)5-9(11(10)14)12(16)17/h5-6,8,15H,1-4H2,(H,16,17). The highest BCUT2D eigenvalue weighted by molar-refractivity contribution is 5.88. The first-order valence-corrected chi connectivity index (χ1v) is 5.52. The molecular weight excluding hydrogens is 228 g/mol. The van der Waals surface area contributed by atoms with E-state index in [9.17, 15) is 13.6 Å². The van der Waals surface area contributed by atoms with Gasteiger partial charge in [-0.1, -0.05) is 0 Å². The minimum Gasteiger partial charge on any atom is -0.478 e. The molecule has 1 aromatic carbocycles. The molecule has 2 rings (SSSR count). The number of rotatable bonds is 3. The van der Waals surface area contributed by atoms with Gasteiger partial charge in [0.15, 0.2) is 11.6 Å². The topological polar surface area (TPSA) is 49.3 Å². The highest BCUT2D eigenvalue weighted by Gasteiger charge is 2.19. The Kier molecular flexibility index (Phi) is 3.38. The average molecular weight is 241 g/mol. The van der Waals surface area contributed by atoms with Crippen molar-refractivity contribution in [3.63, 3.8) is 0 Å². The summed E-state index contributed by atoms with van der Waals surface area (Å²) in [5.74, 6) is -3.83. The maximum Gasteiger partial charge on any atom is 0.338 e. The molecule has 0 spiro atoms. The van der Waals surface area contributed by atoms with Gasteiger partial charge in [0.05, 0.1) is 5.56 Å². The van der Waals surface area contributed by atoms with Crippen LogP contribution >= 0.6 is 0 Å². The van der Waals surface area contributed by atoms with Crippen LogP contribution in [-0.2, 0) is 6.42 Å². The maximum absolute atomic E-state index is 13.2. The molecule has 1 fully saturated rings. The summed E-state index contributed by atoms with van der Waals surface area (Å²) >= 11 is 0. The van der Waals surface area contributed by atoms with Gasteiger partial charge in [0.2, 0.25) is 0 Å². The Morgan fingerprint density at radius 1 is 1.47 bits per heavy atom. The summed E-state index contributed by atoms with van der Waals surface area (Å²) in [6.07, 6.45) is 2.55. The summed E-state index contributed by atoms with van der Waals surface area (Å²) in [7, 11) is 0. The smallest absolute Gasteiger partial charge is 0.338 e. The molecule has 1 atom stereocenters. The summed E-state index contributed by atoms with van der Waals surface area (Å²) in [4.78, 5) is 10.7. The van der Waals surface area contributed by atoms with E-state index in [0.29, 0.717) is 12.0 Å². The van der Waals surface area contributed by atoms with Gasteiger partial charge < -0.3 is 10.4 Å². The number of nitrogens with one attached hydrogen (secondary N) is 1. The van der Waals surface area contributed by atoms with Gasteiger partial charge >= 0.3 is 5.97 Å². The molecule has 1 saturated heterocycles. The zero-order valence-corrected chi connectivity index (χ0v) is 9.17. The van der Waals surface area contributed by atoms with Crippen LogP contribution in [0.15, 0.2) is 12.1 Å². The Labute approximate surface area is 97.5 Å². The molecule has 1 aromatic rings. The van der Waals surface area contributed by atoms with Crippen LogP contribution in [-0.4, -0.2) is 23.7 Å². The number of aromatic carboxylic acids is 1. The van der Waals surface area contributed by atoms with Crippen molar-refractivity contribution in [1.29, 1.82) is 0 Å². The van der Waals surface area contributed by atoms with E-state index in [0.717, 1.165) is 25.5 Å². The van der Waals surface area contributed by atoms with Gasteiger partial charge in [-0.25, -0.2) is 13.6 Å². The maximum atomic E-state index is 13.2. The number of carbonyl (C=O) groups is 1. The van der Waals surface area contributed by atoms with Crippen molar-refractivity contribution in [2.75, 3.05) is 6.54 Å². The molecule has 92 valence electrons. The van der Waals surface area contributed by atoms with Crippen molar-refractivity contribution < 1.29 is 18.7 Å². The Hall–Kier alpha value is -1.49. The number of hydrogen-bond donors (Lipinski definition) is 2. The van der Waals surface area contributed by atoms with Gasteiger partial charge in [-0.15, -0.1) is 0 Å². The summed E-state index contributed by atoms with van der Waals surface area (Å²) in [6.45, 7) is 0.917. The lowest BCUT2D eigenvalue weighted by Gasteiger charge is -2.11. The molecule has 1 unspecified atom stereocenters. The van der Waals surface area contributed by atoms with Crippen LogP contribution in [0.2, 0.25) is 0 Å². The largest absolute Gasteiger partial charge is 0.478 e. The molecule has 0 aromatic heterocycles. The first-order valence-electron chi connectivity index (χ1n) is 5.52. The summed E-state index contributed by atoms with van der Waals surface area (Å²) in [5, 5.41) is 12.0. The van der Waals surface area contributed by atoms with Gasteiger partial charge in [-0.2, -0.15) is 0 Å². The summed E-state index contributed by atoms with van der Waals surface area (Å²) < 4.78 is 26.4. The van der Waals surface area contributed by atoms with Crippen molar-refractivity contribution in [2.24, 2.45) is 0 Å². The molecule has 3 nitrogen and oxygen atoms in total. The van der Waals surface area contributed by atoms with E-state index in [1.54, 1.807) is 0 Å². The lowest BCUT2D eigenvalue weighted by molar-refractivity contribution is 0.0690. The molecule has 0 saturated carbocycles. The normalized spacial score (nSPS) is 19.5. The number of carboxylic acids is 1. The molecule has 17 heavy (non-hydrogen) atoms. The Bertz CT molecular complexity index is 442. The molecule has 0 bridgehead atoms. The SMILES string of the molecule is O=C(O)c1cc(CC2CCCN2)cc(F)c1F. The summed E-state index contributed by atoms with van der Waals surface area (Å²) in [6, 6.07) is 2.50. The molecule has 2 N–H and O–H groups in total. The zero-order chi connectivity index (χ0) is 12.4. The molecular formula is C12H13F2NO2. The van der Waals surface area contributed by atoms with Crippen LogP contribution in [0.4, 0.5) is 8.78 Å². The van der Waals surface area contributed by atoms with E-state index in [1.807, 2.05) is 0 Å². The third-order valence-electron chi connectivity index (χ3n) is 2.96. The first-order chi connectivity index (χ1) is 8.08. The predicted molar refractivity (Wildman–Crippen MR) is 58.0 cm³/mol. The second-order valence-electron chi connectivity index (χ2n) is 4.24. The third kappa shape index (κ3) is 2.61. The number of hydrogen-bond acceptors (Lipinski definition) is 2. The van der Waals surface area contributed by atoms with Crippen molar-refractivity contribution >= 4 is 5.97 Å². The van der Waals surface area contributed by atoms with Crippen molar-refractivity contribution in [3.8, 4) is 0 Å². The lowest BCUT2D eigenvalue weighted by atomic mass is 10.0. The van der Waals surface area contributed by atoms with Crippen LogP contribution in [0.3, 0.4) is 0 Å². The van der Waals surface area contributed by atoms with Crippen molar-refractivity contribution in [3.05, 3.63) is 34.9 Å². The van der Waals surface area contributed by atoms with E-state index >= 15 is 0 Å². The highest BCUT2D eigenvalue weighted by atomic mass is 19.2. The van der Waals surface area contributed by atoms with Crippen LogP contribution in [0, 0.1) is 11.6 Å². The highest BCUT2D eigenvalue weighted by Crippen LogP contribution is 2.18. The van der Waals surface area contributed by atoms with Crippen LogP contribution in [0.1, 0.15) is 28.8 Å². The average Bonchev–Trinajstić information content (AvgIpc) is 2.75. The third-order valence-corrected chi connectivity index (χ3v) is 2.96. The molecule has 5 heteroatoms. The number of benzene rings is 1. The van der Waals surface area contributed by atoms with Gasteiger partial charge in [0, 0.05) is 6.04 Å². The fourth-order valence-electron chi connectivity index (χ4n) is 2.13. The second kappa shape index (κ2) is 4.79. The van der Waals surface area contributed by atoms with E-state index in [4.69, 9.17) is 5.11 Å². The molecule has 1 heterocycles. The van der Waals surface area contributed by atoms with E-state index < -0.39 is 23.2 Å². The number of halogens is 2. The van der Waals surface area contributed by atoms with E-state index in [-0.39, 0.29) is 6.04 Å². The fourth-order valence-corrected chi connectivity index (χ4v) is 2.13. The van der Waals surface area contributed by atoms with E-state index in [2.05, 4.69) is 5.32 Å². The van der Waals surface area contributed by atoms with E-state index in [1.165, 1.54) is 6.07 Å². The Morgan fingerprint density at radius 2 is 2.24 bits per heavy atom. The quantitative estimate of drug-likeness (QED) is 0.850.